The smallest absolute Gasteiger partial charge is 0.379 e. The molecule has 3 fully saturated rings. The molecule has 11 heteroatoms. The highest BCUT2D eigenvalue weighted by atomic mass is 32.2. The molecule has 0 radical (unpaired) electrons. The first-order chi connectivity index (χ1) is 17.2. The molecular weight excluding hydrogens is 491 g/mol. The van der Waals surface area contributed by atoms with Gasteiger partial charge in [0.2, 0.25) is 11.8 Å². The van der Waals surface area contributed by atoms with Gasteiger partial charge >= 0.3 is 5.51 Å². The highest BCUT2D eigenvalue weighted by molar-refractivity contribution is 8.00. The molecule has 2 aromatic heterocycles. The van der Waals surface area contributed by atoms with E-state index in [0.29, 0.717) is 24.0 Å². The second kappa shape index (κ2) is 9.90. The van der Waals surface area contributed by atoms with Gasteiger partial charge in [-0.1, -0.05) is 11.8 Å². The number of pyridine rings is 1. The zero-order valence-electron chi connectivity index (χ0n) is 19.7. The first-order valence-corrected chi connectivity index (χ1v) is 13.0. The number of piperidine rings is 1. The SMILES string of the molecule is CNC(=O)[C@@H]1C[C@H]1C(=O)NCC#Cc1cc2c(N[C@@H]3CC[C@@H]4CC[C@H]3N4)cccn2c1SC(F)(F)F. The van der Waals surface area contributed by atoms with E-state index in [9.17, 15) is 22.8 Å². The number of anilines is 1. The second-order valence-corrected chi connectivity index (χ2v) is 10.6. The Bertz CT molecular complexity index is 1230. The number of fused-ring (bicyclic) bond motifs is 3. The van der Waals surface area contributed by atoms with Gasteiger partial charge in [-0.2, -0.15) is 13.2 Å². The summed E-state index contributed by atoms with van der Waals surface area (Å²) in [6.07, 6.45) is 6.45. The van der Waals surface area contributed by atoms with Crippen LogP contribution in [0, 0.1) is 23.7 Å². The van der Waals surface area contributed by atoms with Crippen LogP contribution in [0.5, 0.6) is 0 Å². The first kappa shape index (κ1) is 24.8. The summed E-state index contributed by atoms with van der Waals surface area (Å²) in [6.45, 7) is -0.0141. The largest absolute Gasteiger partial charge is 0.447 e. The molecule has 1 aliphatic carbocycles. The number of thioether (sulfide) groups is 1. The Hall–Kier alpha value is -2.84. The standard InChI is InChI=1S/C25H28F3N5O2S/c1-29-22(34)16-13-17(16)23(35)30-10-2-4-14-12-21-20(32-19-9-7-15-6-8-18(19)31-15)5-3-11-33(21)24(14)36-25(26,27)28/h3,5,11-12,15-19,31-32H,6-10,13H2,1H3,(H,29,34)(H,30,35)/t15-,16+,17+,18+,19+/m0/s1. The number of aromatic nitrogens is 1. The van der Waals surface area contributed by atoms with Crippen molar-refractivity contribution in [2.45, 2.75) is 60.8 Å². The molecule has 0 unspecified atom stereocenters. The maximum absolute atomic E-state index is 13.4. The summed E-state index contributed by atoms with van der Waals surface area (Å²) in [7, 11) is 1.52. The maximum atomic E-state index is 13.4. The predicted octanol–water partition coefficient (Wildman–Crippen LogP) is 3.10. The molecule has 2 saturated heterocycles. The van der Waals surface area contributed by atoms with Crippen LogP contribution in [0.2, 0.25) is 0 Å². The van der Waals surface area contributed by atoms with Gasteiger partial charge < -0.3 is 25.7 Å². The Morgan fingerprint density at radius 2 is 1.97 bits per heavy atom. The zero-order valence-corrected chi connectivity index (χ0v) is 20.6. The fourth-order valence-electron chi connectivity index (χ4n) is 5.31. The molecule has 0 aromatic carbocycles. The summed E-state index contributed by atoms with van der Waals surface area (Å²) >= 11 is -0.196. The van der Waals surface area contributed by atoms with E-state index in [1.165, 1.54) is 11.4 Å². The van der Waals surface area contributed by atoms with Crippen LogP contribution in [0.25, 0.3) is 5.52 Å². The van der Waals surface area contributed by atoms with Gasteiger partial charge in [0.15, 0.2) is 0 Å². The summed E-state index contributed by atoms with van der Waals surface area (Å²) in [4.78, 5) is 23.8. The number of nitrogens with one attached hydrogen (secondary N) is 4. The Morgan fingerprint density at radius 1 is 1.19 bits per heavy atom. The molecule has 5 rings (SSSR count). The van der Waals surface area contributed by atoms with Crippen LogP contribution >= 0.6 is 11.8 Å². The minimum absolute atomic E-state index is 0.00968. The molecule has 36 heavy (non-hydrogen) atoms. The predicted molar refractivity (Wildman–Crippen MR) is 131 cm³/mol. The molecule has 2 amide bonds. The minimum Gasteiger partial charge on any atom is -0.379 e. The van der Waals surface area contributed by atoms with Gasteiger partial charge in [-0.15, -0.1) is 0 Å². The third-order valence-electron chi connectivity index (χ3n) is 7.19. The Morgan fingerprint density at radius 3 is 2.75 bits per heavy atom. The van der Waals surface area contributed by atoms with Crippen LogP contribution in [-0.4, -0.2) is 53.4 Å². The molecule has 3 aliphatic rings. The Labute approximate surface area is 211 Å². The van der Waals surface area contributed by atoms with E-state index >= 15 is 0 Å². The number of rotatable bonds is 6. The number of carbonyl (C=O) groups is 2. The lowest BCUT2D eigenvalue weighted by atomic mass is 9.99. The van der Waals surface area contributed by atoms with Gasteiger partial charge in [0.25, 0.3) is 0 Å². The van der Waals surface area contributed by atoms with E-state index < -0.39 is 5.51 Å². The third-order valence-corrected chi connectivity index (χ3v) is 8.03. The molecule has 5 atom stereocenters. The molecule has 192 valence electrons. The van der Waals surface area contributed by atoms with E-state index in [4.69, 9.17) is 0 Å². The van der Waals surface area contributed by atoms with E-state index in [1.807, 2.05) is 6.07 Å². The molecule has 4 N–H and O–H groups in total. The molecule has 4 heterocycles. The average Bonchev–Trinajstić information content (AvgIpc) is 3.45. The summed E-state index contributed by atoms with van der Waals surface area (Å²) in [5, 5.41) is 12.4. The third kappa shape index (κ3) is 5.30. The van der Waals surface area contributed by atoms with Crippen molar-refractivity contribution in [2.24, 2.45) is 11.8 Å². The van der Waals surface area contributed by atoms with Crippen molar-refractivity contribution in [1.82, 2.24) is 20.4 Å². The summed E-state index contributed by atoms with van der Waals surface area (Å²) in [5.74, 6) is 4.45. The number of hydrogen-bond acceptors (Lipinski definition) is 5. The van der Waals surface area contributed by atoms with Crippen molar-refractivity contribution < 1.29 is 22.8 Å². The molecule has 1 saturated carbocycles. The zero-order chi connectivity index (χ0) is 25.4. The Kier molecular flexibility index (Phi) is 6.83. The van der Waals surface area contributed by atoms with Crippen LogP contribution in [0.4, 0.5) is 18.9 Å². The van der Waals surface area contributed by atoms with Gasteiger partial charge in [-0.05, 0) is 50.3 Å². The molecule has 2 aliphatic heterocycles. The van der Waals surface area contributed by atoms with Crippen LogP contribution in [0.1, 0.15) is 37.7 Å². The van der Waals surface area contributed by atoms with Crippen molar-refractivity contribution in [2.75, 3.05) is 18.9 Å². The average molecular weight is 520 g/mol. The first-order valence-electron chi connectivity index (χ1n) is 12.1. The summed E-state index contributed by atoms with van der Waals surface area (Å²) < 4.78 is 41.8. The molecule has 7 nitrogen and oxygen atoms in total. The number of nitrogens with zero attached hydrogens (tertiary/aromatic N) is 1. The van der Waals surface area contributed by atoms with E-state index in [2.05, 4.69) is 33.1 Å². The molecule has 0 spiro atoms. The van der Waals surface area contributed by atoms with Crippen LogP contribution in [0.15, 0.2) is 29.4 Å². The van der Waals surface area contributed by atoms with Crippen molar-refractivity contribution in [3.05, 3.63) is 30.0 Å². The fourth-order valence-corrected chi connectivity index (χ4v) is 6.01. The van der Waals surface area contributed by atoms with E-state index in [0.717, 1.165) is 31.4 Å². The van der Waals surface area contributed by atoms with Gasteiger partial charge in [0.05, 0.1) is 35.1 Å². The number of amides is 2. The topological polar surface area (TPSA) is 86.7 Å². The quantitative estimate of drug-likeness (QED) is 0.348. The highest BCUT2D eigenvalue weighted by Crippen LogP contribution is 2.41. The normalized spacial score (nSPS) is 26.7. The van der Waals surface area contributed by atoms with Gasteiger partial charge in [0.1, 0.15) is 5.03 Å². The minimum atomic E-state index is -4.48. The lowest BCUT2D eigenvalue weighted by molar-refractivity contribution is -0.126. The maximum Gasteiger partial charge on any atom is 0.447 e. The molecular formula is C25H28F3N5O2S. The lowest BCUT2D eigenvalue weighted by Gasteiger charge is -2.31. The fraction of sp³-hybridized carbons (Fsp3) is 0.520. The van der Waals surface area contributed by atoms with Crippen LogP contribution in [0.3, 0.4) is 0 Å². The number of carbonyl (C=O) groups excluding carboxylic acids is 2. The van der Waals surface area contributed by atoms with Crippen molar-refractivity contribution in [3.63, 3.8) is 0 Å². The van der Waals surface area contributed by atoms with E-state index in [1.54, 1.807) is 18.3 Å². The van der Waals surface area contributed by atoms with Gasteiger partial charge in [-0.25, -0.2) is 0 Å². The van der Waals surface area contributed by atoms with Crippen LogP contribution < -0.4 is 21.3 Å². The number of halogens is 3. The van der Waals surface area contributed by atoms with Crippen LogP contribution in [-0.2, 0) is 9.59 Å². The molecule has 2 bridgehead atoms. The number of hydrogen-bond donors (Lipinski definition) is 4. The van der Waals surface area contributed by atoms with Gasteiger partial charge in [-0.3, -0.25) is 9.59 Å². The van der Waals surface area contributed by atoms with Gasteiger partial charge in [0, 0.05) is 43.1 Å². The molecule has 2 aromatic rings. The van der Waals surface area contributed by atoms with Crippen molar-refractivity contribution in [1.29, 1.82) is 0 Å². The monoisotopic (exact) mass is 519 g/mol. The van der Waals surface area contributed by atoms with Crippen molar-refractivity contribution in [3.8, 4) is 11.8 Å². The highest BCUT2D eigenvalue weighted by Gasteiger charge is 2.47. The van der Waals surface area contributed by atoms with E-state index in [-0.39, 0.29) is 58.6 Å². The van der Waals surface area contributed by atoms with Crippen molar-refractivity contribution >= 4 is 34.8 Å². The lowest BCUT2D eigenvalue weighted by Crippen LogP contribution is -2.47. The number of alkyl halides is 3. The second-order valence-electron chi connectivity index (χ2n) is 9.55. The Balaban J connectivity index is 1.34. The summed E-state index contributed by atoms with van der Waals surface area (Å²) in [5.41, 5.74) is -2.83. The summed E-state index contributed by atoms with van der Waals surface area (Å²) in [6, 6.07) is 6.44.